The molecule has 0 amide bonds. The van der Waals surface area contributed by atoms with Crippen molar-refractivity contribution < 1.29 is 5.11 Å². The Bertz CT molecular complexity index is 396. The van der Waals surface area contributed by atoms with Crippen molar-refractivity contribution in [3.8, 4) is 0 Å². The third kappa shape index (κ3) is 4.75. The Morgan fingerprint density at radius 2 is 1.79 bits per heavy atom. The molecule has 2 N–H and O–H groups in total. The van der Waals surface area contributed by atoms with Crippen LogP contribution in [0.1, 0.15) is 36.7 Å². The van der Waals surface area contributed by atoms with Gasteiger partial charge in [0.05, 0.1) is 6.61 Å². The van der Waals surface area contributed by atoms with E-state index in [1.165, 1.54) is 5.56 Å². The minimum Gasteiger partial charge on any atom is -0.394 e. The second kappa shape index (κ2) is 7.22. The van der Waals surface area contributed by atoms with Crippen LogP contribution in [0.15, 0.2) is 5.16 Å². The average molecular weight is 283 g/mol. The molecule has 1 atom stereocenters. The zero-order valence-corrected chi connectivity index (χ0v) is 13.4. The van der Waals surface area contributed by atoms with Crippen molar-refractivity contribution in [1.82, 2.24) is 15.3 Å². The molecule has 0 fully saturated rings. The van der Waals surface area contributed by atoms with Crippen LogP contribution in [0, 0.1) is 20.8 Å². The van der Waals surface area contributed by atoms with E-state index >= 15 is 0 Å². The molecule has 108 valence electrons. The molecule has 1 heterocycles. The molecule has 19 heavy (non-hydrogen) atoms. The fourth-order valence-corrected chi connectivity index (χ4v) is 2.59. The highest BCUT2D eigenvalue weighted by molar-refractivity contribution is 7.99. The number of aromatic nitrogens is 2. The molecule has 4 nitrogen and oxygen atoms in total. The van der Waals surface area contributed by atoms with Crippen LogP contribution in [0.4, 0.5) is 0 Å². The summed E-state index contributed by atoms with van der Waals surface area (Å²) in [6.07, 6.45) is 1.97. The average Bonchev–Trinajstić information content (AvgIpc) is 2.40. The molecule has 1 aromatic rings. The first kappa shape index (κ1) is 16.4. The molecule has 0 aromatic carbocycles. The smallest absolute Gasteiger partial charge is 0.187 e. The minimum absolute atomic E-state index is 0.160. The maximum absolute atomic E-state index is 9.31. The quantitative estimate of drug-likeness (QED) is 0.456. The van der Waals surface area contributed by atoms with Crippen LogP contribution in [0.2, 0.25) is 0 Å². The van der Waals surface area contributed by atoms with E-state index in [4.69, 9.17) is 0 Å². The Kier molecular flexibility index (Phi) is 6.23. The number of thioether (sulfide) groups is 1. The van der Waals surface area contributed by atoms with Crippen molar-refractivity contribution in [3.05, 3.63) is 17.0 Å². The van der Waals surface area contributed by atoms with Gasteiger partial charge in [-0.25, -0.2) is 9.97 Å². The summed E-state index contributed by atoms with van der Waals surface area (Å²) in [5.41, 5.74) is 3.11. The van der Waals surface area contributed by atoms with Crippen LogP contribution in [0.5, 0.6) is 0 Å². The topological polar surface area (TPSA) is 58.0 Å². The summed E-state index contributed by atoms with van der Waals surface area (Å²) < 4.78 is 0. The third-order valence-corrected chi connectivity index (χ3v) is 4.60. The Balaban J connectivity index is 2.46. The number of rotatable bonds is 7. The van der Waals surface area contributed by atoms with Crippen LogP contribution in [0.25, 0.3) is 0 Å². The van der Waals surface area contributed by atoms with Gasteiger partial charge in [-0.05, 0) is 53.1 Å². The summed E-state index contributed by atoms with van der Waals surface area (Å²) in [5, 5.41) is 13.3. The number of aliphatic hydroxyl groups is 1. The van der Waals surface area contributed by atoms with Crippen molar-refractivity contribution in [3.63, 3.8) is 0 Å². The maximum atomic E-state index is 9.31. The van der Waals surface area contributed by atoms with E-state index in [0.717, 1.165) is 35.1 Å². The zero-order valence-electron chi connectivity index (χ0n) is 12.6. The maximum Gasteiger partial charge on any atom is 0.187 e. The lowest BCUT2D eigenvalue weighted by molar-refractivity contribution is 0.173. The first-order valence-electron chi connectivity index (χ1n) is 6.66. The second-order valence-electron chi connectivity index (χ2n) is 5.22. The SMILES string of the molecule is CNC(C)(CO)CCCSc1nc(C)c(C)c(C)n1. The zero-order chi connectivity index (χ0) is 14.5. The minimum atomic E-state index is -0.180. The molecule has 0 saturated carbocycles. The standard InChI is InChI=1S/C14H25N3OS/c1-10-11(2)16-13(17-12(10)3)19-8-6-7-14(4,9-18)15-5/h15,18H,6-9H2,1-5H3. The molecule has 0 bridgehead atoms. The number of nitrogens with zero attached hydrogens (tertiary/aromatic N) is 2. The van der Waals surface area contributed by atoms with Crippen LogP contribution in [0.3, 0.4) is 0 Å². The van der Waals surface area contributed by atoms with Gasteiger partial charge in [-0.1, -0.05) is 11.8 Å². The van der Waals surface area contributed by atoms with Crippen molar-refractivity contribution >= 4 is 11.8 Å². The summed E-state index contributed by atoms with van der Waals surface area (Å²) >= 11 is 1.69. The molecule has 0 spiro atoms. The van der Waals surface area contributed by atoms with Gasteiger partial charge >= 0.3 is 0 Å². The predicted molar refractivity (Wildman–Crippen MR) is 80.8 cm³/mol. The molecule has 0 aliphatic heterocycles. The molecule has 5 heteroatoms. The van der Waals surface area contributed by atoms with Gasteiger partial charge in [-0.2, -0.15) is 0 Å². The lowest BCUT2D eigenvalue weighted by Crippen LogP contribution is -2.43. The van der Waals surface area contributed by atoms with Crippen molar-refractivity contribution in [2.24, 2.45) is 0 Å². The number of hydrogen-bond donors (Lipinski definition) is 2. The Labute approximate surface area is 120 Å². The van der Waals surface area contributed by atoms with Gasteiger partial charge in [0.25, 0.3) is 0 Å². The van der Waals surface area contributed by atoms with Crippen LogP contribution in [-0.2, 0) is 0 Å². The normalized spacial score (nSPS) is 14.4. The van der Waals surface area contributed by atoms with E-state index in [2.05, 4.69) is 22.2 Å². The van der Waals surface area contributed by atoms with E-state index in [0.29, 0.717) is 0 Å². The van der Waals surface area contributed by atoms with E-state index in [1.54, 1.807) is 11.8 Å². The van der Waals surface area contributed by atoms with Gasteiger partial charge in [0, 0.05) is 22.7 Å². The summed E-state index contributed by atoms with van der Waals surface area (Å²) in [6, 6.07) is 0. The summed E-state index contributed by atoms with van der Waals surface area (Å²) in [4.78, 5) is 8.99. The lowest BCUT2D eigenvalue weighted by atomic mass is 9.98. The molecule has 0 aliphatic rings. The van der Waals surface area contributed by atoms with Gasteiger partial charge in [-0.15, -0.1) is 0 Å². The summed E-state index contributed by atoms with van der Waals surface area (Å²) in [5.74, 6) is 0.971. The van der Waals surface area contributed by atoms with Gasteiger partial charge in [0.2, 0.25) is 0 Å². The Morgan fingerprint density at radius 1 is 1.21 bits per heavy atom. The first-order valence-corrected chi connectivity index (χ1v) is 7.65. The molecule has 0 saturated heterocycles. The fourth-order valence-electron chi connectivity index (χ4n) is 1.71. The second-order valence-corrected chi connectivity index (χ2v) is 6.28. The summed E-state index contributed by atoms with van der Waals surface area (Å²) in [6.45, 7) is 8.30. The van der Waals surface area contributed by atoms with Crippen molar-refractivity contribution in [2.75, 3.05) is 19.4 Å². The molecule has 0 radical (unpaired) electrons. The van der Waals surface area contributed by atoms with Gasteiger partial charge in [0.15, 0.2) is 5.16 Å². The number of hydrogen-bond acceptors (Lipinski definition) is 5. The molecular formula is C14H25N3OS. The van der Waals surface area contributed by atoms with E-state index in [1.807, 2.05) is 27.8 Å². The van der Waals surface area contributed by atoms with E-state index in [-0.39, 0.29) is 12.1 Å². The number of nitrogens with one attached hydrogen (secondary N) is 1. The van der Waals surface area contributed by atoms with E-state index in [9.17, 15) is 5.11 Å². The van der Waals surface area contributed by atoms with Gasteiger partial charge < -0.3 is 10.4 Å². The third-order valence-electron chi connectivity index (χ3n) is 3.67. The van der Waals surface area contributed by atoms with Gasteiger partial charge in [0.1, 0.15) is 0 Å². The largest absolute Gasteiger partial charge is 0.394 e. The van der Waals surface area contributed by atoms with Crippen LogP contribution in [-0.4, -0.2) is 40.0 Å². The van der Waals surface area contributed by atoms with Crippen LogP contribution < -0.4 is 5.32 Å². The molecule has 1 unspecified atom stereocenters. The lowest BCUT2D eigenvalue weighted by Gasteiger charge is -2.26. The highest BCUT2D eigenvalue weighted by Crippen LogP contribution is 2.20. The highest BCUT2D eigenvalue weighted by Gasteiger charge is 2.19. The number of aryl methyl sites for hydroxylation is 2. The van der Waals surface area contributed by atoms with Crippen molar-refractivity contribution in [1.29, 1.82) is 0 Å². The van der Waals surface area contributed by atoms with Crippen LogP contribution >= 0.6 is 11.8 Å². The molecule has 1 aromatic heterocycles. The van der Waals surface area contributed by atoms with Crippen molar-refractivity contribution in [2.45, 2.75) is 51.2 Å². The Morgan fingerprint density at radius 3 is 2.26 bits per heavy atom. The Hall–Kier alpha value is -0.650. The first-order chi connectivity index (χ1) is 8.91. The predicted octanol–water partition coefficient (Wildman–Crippen LogP) is 2.24. The monoisotopic (exact) mass is 283 g/mol. The molecular weight excluding hydrogens is 258 g/mol. The number of likely N-dealkylation sites (N-methyl/N-ethyl adjacent to an activating group) is 1. The van der Waals surface area contributed by atoms with E-state index < -0.39 is 0 Å². The summed E-state index contributed by atoms with van der Waals surface area (Å²) in [7, 11) is 1.89. The fraction of sp³-hybridized carbons (Fsp3) is 0.714. The highest BCUT2D eigenvalue weighted by atomic mass is 32.2. The molecule has 1 rings (SSSR count). The number of aliphatic hydroxyl groups excluding tert-OH is 1. The van der Waals surface area contributed by atoms with Gasteiger partial charge in [-0.3, -0.25) is 0 Å². The molecule has 0 aliphatic carbocycles.